The standard InChI is InChI=1S/C8H11N5.C7H9N5O/c1-2-3-13-5-11-6-4-10-8(9)12-7(6)13;8-7-9-3-5-6(11-7)12(1-2-13)4-10-5/h4-5H,2-3H2,1H3,(H2,9,10,12);3-4,13H,1-2H2,(H2,8,9,11). The van der Waals surface area contributed by atoms with Crippen LogP contribution in [0.15, 0.2) is 25.0 Å². The second kappa shape index (κ2) is 7.70. The zero-order valence-electron chi connectivity index (χ0n) is 14.3. The second-order valence-corrected chi connectivity index (χ2v) is 5.47. The van der Waals surface area contributed by atoms with Crippen LogP contribution >= 0.6 is 0 Å². The maximum absolute atomic E-state index is 8.74. The highest BCUT2D eigenvalue weighted by molar-refractivity contribution is 5.71. The molecule has 0 aliphatic heterocycles. The van der Waals surface area contributed by atoms with Crippen LogP contribution in [0.3, 0.4) is 0 Å². The van der Waals surface area contributed by atoms with Crippen molar-refractivity contribution in [2.45, 2.75) is 26.4 Å². The summed E-state index contributed by atoms with van der Waals surface area (Å²) in [6, 6.07) is 0. The van der Waals surface area contributed by atoms with E-state index in [-0.39, 0.29) is 12.6 Å². The van der Waals surface area contributed by atoms with Gasteiger partial charge in [0.15, 0.2) is 11.3 Å². The molecule has 0 radical (unpaired) electrons. The third kappa shape index (κ3) is 3.67. The molecule has 4 rings (SSSR count). The number of aliphatic hydroxyl groups is 1. The van der Waals surface area contributed by atoms with E-state index in [1.165, 1.54) is 0 Å². The minimum absolute atomic E-state index is 0.0510. The second-order valence-electron chi connectivity index (χ2n) is 5.47. The number of aromatic nitrogens is 8. The number of fused-ring (bicyclic) bond motifs is 2. The van der Waals surface area contributed by atoms with Crippen LogP contribution in [0.25, 0.3) is 22.3 Å². The maximum Gasteiger partial charge on any atom is 0.222 e. The van der Waals surface area contributed by atoms with Gasteiger partial charge in [-0.3, -0.25) is 0 Å². The molecule has 0 fully saturated rings. The first-order valence-corrected chi connectivity index (χ1v) is 8.10. The van der Waals surface area contributed by atoms with E-state index < -0.39 is 0 Å². The third-order valence-corrected chi connectivity index (χ3v) is 3.56. The first-order valence-electron chi connectivity index (χ1n) is 8.10. The van der Waals surface area contributed by atoms with E-state index in [1.807, 2.05) is 4.57 Å². The van der Waals surface area contributed by atoms with Gasteiger partial charge in [-0.2, -0.15) is 9.97 Å². The average Bonchev–Trinajstić information content (AvgIpc) is 3.21. The molecule has 26 heavy (non-hydrogen) atoms. The molecule has 4 heterocycles. The molecule has 4 aromatic rings. The Balaban J connectivity index is 0.000000151. The Morgan fingerprint density at radius 3 is 1.81 bits per heavy atom. The van der Waals surface area contributed by atoms with Gasteiger partial charge in [-0.15, -0.1) is 0 Å². The van der Waals surface area contributed by atoms with Crippen molar-refractivity contribution < 1.29 is 5.11 Å². The lowest BCUT2D eigenvalue weighted by atomic mass is 10.4. The van der Waals surface area contributed by atoms with Gasteiger partial charge >= 0.3 is 0 Å². The van der Waals surface area contributed by atoms with E-state index in [9.17, 15) is 0 Å². The highest BCUT2D eigenvalue weighted by Crippen LogP contribution is 2.10. The fourth-order valence-corrected chi connectivity index (χ4v) is 2.41. The largest absolute Gasteiger partial charge is 0.395 e. The molecule has 5 N–H and O–H groups in total. The highest BCUT2D eigenvalue weighted by Gasteiger charge is 2.04. The Bertz CT molecular complexity index is 926. The van der Waals surface area contributed by atoms with Gasteiger partial charge in [0.25, 0.3) is 0 Å². The van der Waals surface area contributed by atoms with Crippen LogP contribution in [0, 0.1) is 0 Å². The highest BCUT2D eigenvalue weighted by atomic mass is 16.3. The molecule has 0 unspecified atom stereocenters. The first-order chi connectivity index (χ1) is 12.6. The third-order valence-electron chi connectivity index (χ3n) is 3.56. The summed E-state index contributed by atoms with van der Waals surface area (Å²) in [5.74, 6) is 0.512. The molecule has 0 saturated heterocycles. The summed E-state index contributed by atoms with van der Waals surface area (Å²) in [7, 11) is 0. The predicted octanol–water partition coefficient (Wildman–Crippen LogP) is 0.219. The smallest absolute Gasteiger partial charge is 0.222 e. The van der Waals surface area contributed by atoms with Gasteiger partial charge in [0.2, 0.25) is 11.9 Å². The average molecular weight is 356 g/mol. The van der Waals surface area contributed by atoms with Gasteiger partial charge in [0, 0.05) is 13.1 Å². The van der Waals surface area contributed by atoms with E-state index in [4.69, 9.17) is 16.6 Å². The predicted molar refractivity (Wildman–Crippen MR) is 96.8 cm³/mol. The molecule has 0 bridgehead atoms. The summed E-state index contributed by atoms with van der Waals surface area (Å²) >= 11 is 0. The van der Waals surface area contributed by atoms with Crippen LogP contribution in [-0.2, 0) is 13.1 Å². The van der Waals surface area contributed by atoms with Crippen LogP contribution < -0.4 is 11.5 Å². The van der Waals surface area contributed by atoms with Crippen molar-refractivity contribution >= 4 is 34.2 Å². The topological polar surface area (TPSA) is 159 Å². The Morgan fingerprint density at radius 1 is 0.846 bits per heavy atom. The molecule has 0 amide bonds. The Labute approximate surface area is 148 Å². The number of nitrogens with zero attached hydrogens (tertiary/aromatic N) is 8. The van der Waals surface area contributed by atoms with E-state index >= 15 is 0 Å². The molecular formula is C15H20N10O. The van der Waals surface area contributed by atoms with Crippen LogP contribution in [-0.4, -0.2) is 50.8 Å². The van der Waals surface area contributed by atoms with Crippen LogP contribution in [0.5, 0.6) is 0 Å². The summed E-state index contributed by atoms with van der Waals surface area (Å²) in [5, 5.41) is 8.74. The minimum atomic E-state index is 0.0510. The zero-order chi connectivity index (χ0) is 18.5. The van der Waals surface area contributed by atoms with Crippen molar-refractivity contribution in [1.82, 2.24) is 39.0 Å². The van der Waals surface area contributed by atoms with Crippen molar-refractivity contribution in [1.29, 1.82) is 0 Å². The molecule has 0 aliphatic rings. The Morgan fingerprint density at radius 2 is 1.35 bits per heavy atom. The number of hydrogen-bond donors (Lipinski definition) is 3. The lowest BCUT2D eigenvalue weighted by Gasteiger charge is -1.99. The minimum Gasteiger partial charge on any atom is -0.395 e. The molecule has 0 spiro atoms. The maximum atomic E-state index is 8.74. The summed E-state index contributed by atoms with van der Waals surface area (Å²) in [5.41, 5.74) is 13.9. The van der Waals surface area contributed by atoms with Crippen LogP contribution in [0.1, 0.15) is 13.3 Å². The normalized spacial score (nSPS) is 10.8. The van der Waals surface area contributed by atoms with Crippen molar-refractivity contribution in [3.05, 3.63) is 25.0 Å². The number of imidazole rings is 2. The Kier molecular flexibility index (Phi) is 5.17. The van der Waals surface area contributed by atoms with E-state index in [0.717, 1.165) is 24.1 Å². The summed E-state index contributed by atoms with van der Waals surface area (Å²) in [4.78, 5) is 24.0. The number of nitrogen functional groups attached to an aromatic ring is 2. The first kappa shape index (κ1) is 17.5. The molecule has 0 aliphatic carbocycles. The van der Waals surface area contributed by atoms with Crippen molar-refractivity contribution in [2.24, 2.45) is 0 Å². The van der Waals surface area contributed by atoms with Crippen LogP contribution in [0.4, 0.5) is 11.9 Å². The van der Waals surface area contributed by atoms with Gasteiger partial charge in [-0.1, -0.05) is 6.92 Å². The fraction of sp³-hybridized carbons (Fsp3) is 0.333. The zero-order valence-corrected chi connectivity index (χ0v) is 14.3. The fourth-order valence-electron chi connectivity index (χ4n) is 2.41. The lowest BCUT2D eigenvalue weighted by Crippen LogP contribution is -2.03. The van der Waals surface area contributed by atoms with Crippen LogP contribution in [0.2, 0.25) is 0 Å². The molecule has 0 aromatic carbocycles. The van der Waals surface area contributed by atoms with Crippen molar-refractivity contribution in [2.75, 3.05) is 18.1 Å². The summed E-state index contributed by atoms with van der Waals surface area (Å²) < 4.78 is 3.71. The van der Waals surface area contributed by atoms with Crippen molar-refractivity contribution in [3.8, 4) is 0 Å². The molecular weight excluding hydrogens is 336 g/mol. The lowest BCUT2D eigenvalue weighted by molar-refractivity contribution is 0.277. The van der Waals surface area contributed by atoms with Gasteiger partial charge in [0.1, 0.15) is 11.0 Å². The number of rotatable bonds is 4. The van der Waals surface area contributed by atoms with Crippen molar-refractivity contribution in [3.63, 3.8) is 0 Å². The number of hydrogen-bond acceptors (Lipinski definition) is 9. The van der Waals surface area contributed by atoms with Gasteiger partial charge < -0.3 is 25.7 Å². The SMILES string of the molecule is CCCn1cnc2cnc(N)nc21.Nc1ncc2ncn(CCO)c2n1. The van der Waals surface area contributed by atoms with Gasteiger partial charge in [-0.05, 0) is 6.42 Å². The molecule has 11 nitrogen and oxygen atoms in total. The van der Waals surface area contributed by atoms with Gasteiger partial charge in [0.05, 0.1) is 31.7 Å². The van der Waals surface area contributed by atoms with E-state index in [1.54, 1.807) is 29.6 Å². The Hall–Kier alpha value is -3.34. The quantitative estimate of drug-likeness (QED) is 0.464. The number of anilines is 2. The number of nitrogens with two attached hydrogens (primary N) is 2. The van der Waals surface area contributed by atoms with Gasteiger partial charge in [-0.25, -0.2) is 19.9 Å². The molecule has 0 saturated carbocycles. The molecule has 4 aromatic heterocycles. The monoisotopic (exact) mass is 356 g/mol. The summed E-state index contributed by atoms with van der Waals surface area (Å²) in [6.07, 6.45) is 7.63. The molecule has 136 valence electrons. The number of aliphatic hydroxyl groups excluding tert-OH is 1. The summed E-state index contributed by atoms with van der Waals surface area (Å²) in [6.45, 7) is 3.53. The van der Waals surface area contributed by atoms with E-state index in [0.29, 0.717) is 23.7 Å². The molecule has 11 heteroatoms. The molecule has 0 atom stereocenters. The number of aryl methyl sites for hydroxylation is 1. The van der Waals surface area contributed by atoms with E-state index in [2.05, 4.69) is 36.8 Å².